The molecule has 0 saturated heterocycles. The number of nitrogens with one attached hydrogen (secondary N) is 1. The van der Waals surface area contributed by atoms with Crippen LogP contribution < -0.4 is 20.9 Å². The van der Waals surface area contributed by atoms with Crippen molar-refractivity contribution in [2.45, 2.75) is 20.3 Å². The molecule has 0 amide bonds. The van der Waals surface area contributed by atoms with Crippen LogP contribution in [-0.2, 0) is 0 Å². The fourth-order valence-electron chi connectivity index (χ4n) is 1.76. The second-order valence-corrected chi connectivity index (χ2v) is 5.17. The molecule has 0 aromatic carbocycles. The van der Waals surface area contributed by atoms with Crippen LogP contribution in [-0.4, -0.2) is 35.2 Å². The second kappa shape index (κ2) is 7.08. The van der Waals surface area contributed by atoms with Crippen LogP contribution >= 0.6 is 12.2 Å². The van der Waals surface area contributed by atoms with E-state index in [2.05, 4.69) is 23.8 Å². The number of hydrogen-bond donors (Lipinski definition) is 2. The van der Waals surface area contributed by atoms with Crippen LogP contribution in [0.4, 0.5) is 5.82 Å². The Kier molecular flexibility index (Phi) is 5.75. The maximum atomic E-state index is 11.7. The predicted molar refractivity (Wildman–Crippen MR) is 79.9 cm³/mol. The average molecular weight is 284 g/mol. The normalized spacial score (nSPS) is 10.5. The Hall–Kier alpha value is -1.63. The van der Waals surface area contributed by atoms with Crippen molar-refractivity contribution < 1.29 is 4.74 Å². The number of aromatic amines is 1. The van der Waals surface area contributed by atoms with Gasteiger partial charge in [0.15, 0.2) is 5.82 Å². The van der Waals surface area contributed by atoms with Gasteiger partial charge in [-0.15, -0.1) is 0 Å². The van der Waals surface area contributed by atoms with E-state index >= 15 is 0 Å². The van der Waals surface area contributed by atoms with Crippen LogP contribution in [0.3, 0.4) is 0 Å². The van der Waals surface area contributed by atoms with Crippen molar-refractivity contribution in [3.8, 4) is 5.75 Å². The summed E-state index contributed by atoms with van der Waals surface area (Å²) in [4.78, 5) is 20.8. The highest BCUT2D eigenvalue weighted by Gasteiger charge is 2.17. The molecule has 0 aliphatic heterocycles. The van der Waals surface area contributed by atoms with Gasteiger partial charge in [-0.05, 0) is 5.92 Å². The summed E-state index contributed by atoms with van der Waals surface area (Å²) in [5.41, 5.74) is 5.24. The van der Waals surface area contributed by atoms with Gasteiger partial charge >= 0.3 is 0 Å². The van der Waals surface area contributed by atoms with E-state index in [1.54, 1.807) is 0 Å². The fourth-order valence-corrected chi connectivity index (χ4v) is 1.85. The molecular weight excluding hydrogens is 264 g/mol. The molecule has 0 radical (unpaired) electrons. The fraction of sp³-hybridized carbons (Fsp3) is 0.583. The first-order valence-corrected chi connectivity index (χ1v) is 6.51. The number of H-pyrrole nitrogens is 1. The summed E-state index contributed by atoms with van der Waals surface area (Å²) in [5, 5.41) is 0. The van der Waals surface area contributed by atoms with E-state index in [1.165, 1.54) is 13.4 Å². The van der Waals surface area contributed by atoms with Crippen LogP contribution in [0.15, 0.2) is 11.1 Å². The van der Waals surface area contributed by atoms with Gasteiger partial charge in [0.1, 0.15) is 0 Å². The summed E-state index contributed by atoms with van der Waals surface area (Å²) in [6.45, 7) is 5.54. The summed E-state index contributed by atoms with van der Waals surface area (Å²) in [6.07, 6.45) is 1.94. The predicted octanol–water partition coefficient (Wildman–Crippen LogP) is 0.917. The van der Waals surface area contributed by atoms with E-state index in [-0.39, 0.29) is 11.3 Å². The van der Waals surface area contributed by atoms with Crippen molar-refractivity contribution in [3.05, 3.63) is 16.7 Å². The first-order chi connectivity index (χ1) is 8.95. The molecule has 0 saturated carbocycles. The maximum Gasteiger partial charge on any atom is 0.295 e. The Labute approximate surface area is 118 Å². The van der Waals surface area contributed by atoms with Crippen molar-refractivity contribution in [1.29, 1.82) is 0 Å². The standard InChI is InChI=1S/C12H20N4O2S/c1-8(2)6-16(5-4-9(13)19)11-10(18-3)12(17)15-7-14-11/h7-8H,4-6H2,1-3H3,(H2,13,19)(H,14,15,17). The van der Waals surface area contributed by atoms with E-state index < -0.39 is 0 Å². The molecule has 0 spiro atoms. The van der Waals surface area contributed by atoms with Gasteiger partial charge in [0, 0.05) is 19.5 Å². The minimum Gasteiger partial charge on any atom is -0.489 e. The van der Waals surface area contributed by atoms with E-state index in [9.17, 15) is 4.79 Å². The van der Waals surface area contributed by atoms with Gasteiger partial charge in [0.2, 0.25) is 5.75 Å². The largest absolute Gasteiger partial charge is 0.489 e. The Bertz CT molecular complexity index is 487. The molecule has 6 nitrogen and oxygen atoms in total. The van der Waals surface area contributed by atoms with E-state index in [0.717, 1.165) is 6.54 Å². The number of aromatic nitrogens is 2. The molecule has 0 unspecified atom stereocenters. The molecule has 7 heteroatoms. The molecule has 0 bridgehead atoms. The average Bonchev–Trinajstić information content (AvgIpc) is 2.33. The van der Waals surface area contributed by atoms with Crippen LogP contribution in [0.5, 0.6) is 5.75 Å². The Morgan fingerprint density at radius 3 is 2.84 bits per heavy atom. The summed E-state index contributed by atoms with van der Waals surface area (Å²) in [5.74, 6) is 1.15. The highest BCUT2D eigenvalue weighted by molar-refractivity contribution is 7.80. The van der Waals surface area contributed by atoms with E-state index in [1.807, 2.05) is 4.90 Å². The molecule has 19 heavy (non-hydrogen) atoms. The SMILES string of the molecule is COc1c(N(CCC(N)=S)CC(C)C)nc[nH]c1=O. The van der Waals surface area contributed by atoms with Crippen LogP contribution in [0.2, 0.25) is 0 Å². The van der Waals surface area contributed by atoms with Crippen LogP contribution in [0, 0.1) is 5.92 Å². The molecule has 1 aromatic rings. The van der Waals surface area contributed by atoms with E-state index in [0.29, 0.717) is 29.7 Å². The lowest BCUT2D eigenvalue weighted by molar-refractivity contribution is 0.404. The zero-order chi connectivity index (χ0) is 14.4. The summed E-state index contributed by atoms with van der Waals surface area (Å²) >= 11 is 4.90. The Balaban J connectivity index is 3.05. The highest BCUT2D eigenvalue weighted by atomic mass is 32.1. The van der Waals surface area contributed by atoms with Crippen molar-refractivity contribution in [2.24, 2.45) is 11.7 Å². The molecule has 0 aliphatic rings. The Morgan fingerprint density at radius 1 is 1.63 bits per heavy atom. The number of nitrogens with zero attached hydrogens (tertiary/aromatic N) is 2. The Morgan fingerprint density at radius 2 is 2.32 bits per heavy atom. The van der Waals surface area contributed by atoms with Gasteiger partial charge in [-0.25, -0.2) is 4.98 Å². The molecule has 0 aliphatic carbocycles. The number of ether oxygens (including phenoxy) is 1. The number of nitrogens with two attached hydrogens (primary N) is 1. The maximum absolute atomic E-state index is 11.7. The smallest absolute Gasteiger partial charge is 0.295 e. The van der Waals surface area contributed by atoms with Crippen molar-refractivity contribution >= 4 is 23.0 Å². The number of anilines is 1. The summed E-state index contributed by atoms with van der Waals surface area (Å²) in [6, 6.07) is 0. The van der Waals surface area contributed by atoms with Crippen molar-refractivity contribution in [3.63, 3.8) is 0 Å². The number of methoxy groups -OCH3 is 1. The minimum absolute atomic E-state index is 0.214. The third-order valence-electron chi connectivity index (χ3n) is 2.51. The highest BCUT2D eigenvalue weighted by Crippen LogP contribution is 2.21. The zero-order valence-corrected chi connectivity index (χ0v) is 12.3. The molecule has 1 heterocycles. The lowest BCUT2D eigenvalue weighted by Crippen LogP contribution is -2.33. The van der Waals surface area contributed by atoms with Gasteiger partial charge in [-0.2, -0.15) is 0 Å². The van der Waals surface area contributed by atoms with Crippen LogP contribution in [0.1, 0.15) is 20.3 Å². The van der Waals surface area contributed by atoms with Gasteiger partial charge in [-0.3, -0.25) is 4.79 Å². The molecule has 106 valence electrons. The molecule has 1 rings (SSSR count). The summed E-state index contributed by atoms with van der Waals surface area (Å²) < 4.78 is 5.13. The second-order valence-electron chi connectivity index (χ2n) is 4.64. The monoisotopic (exact) mass is 284 g/mol. The summed E-state index contributed by atoms with van der Waals surface area (Å²) in [7, 11) is 1.46. The first kappa shape index (κ1) is 15.4. The topological polar surface area (TPSA) is 84.2 Å². The number of rotatable bonds is 7. The van der Waals surface area contributed by atoms with Crippen molar-refractivity contribution in [1.82, 2.24) is 9.97 Å². The zero-order valence-electron chi connectivity index (χ0n) is 11.5. The molecule has 1 aromatic heterocycles. The quantitative estimate of drug-likeness (QED) is 0.724. The lowest BCUT2D eigenvalue weighted by atomic mass is 10.2. The van der Waals surface area contributed by atoms with E-state index in [4.69, 9.17) is 22.7 Å². The molecular formula is C12H20N4O2S. The number of hydrogen-bond acceptors (Lipinski definition) is 5. The van der Waals surface area contributed by atoms with Gasteiger partial charge in [0.05, 0.1) is 18.4 Å². The molecule has 0 atom stereocenters. The van der Waals surface area contributed by atoms with Gasteiger partial charge in [0.25, 0.3) is 5.56 Å². The van der Waals surface area contributed by atoms with Gasteiger partial charge < -0.3 is 20.4 Å². The third-order valence-corrected chi connectivity index (χ3v) is 2.71. The molecule has 3 N–H and O–H groups in total. The minimum atomic E-state index is -0.295. The van der Waals surface area contributed by atoms with Gasteiger partial charge in [-0.1, -0.05) is 26.1 Å². The van der Waals surface area contributed by atoms with Crippen LogP contribution in [0.25, 0.3) is 0 Å². The first-order valence-electron chi connectivity index (χ1n) is 6.10. The third kappa shape index (κ3) is 4.51. The lowest BCUT2D eigenvalue weighted by Gasteiger charge is -2.26. The molecule has 0 fully saturated rings. The number of thiocarbonyl (C=S) groups is 1. The van der Waals surface area contributed by atoms with Crippen molar-refractivity contribution in [2.75, 3.05) is 25.1 Å².